The monoisotopic (exact) mass is 234 g/mol. The molecule has 2 aromatic rings. The van der Waals surface area contributed by atoms with Crippen molar-refractivity contribution in [2.75, 3.05) is 24.3 Å². The Balaban J connectivity index is 1.95. The van der Waals surface area contributed by atoms with E-state index in [1.165, 1.54) is 11.5 Å². The summed E-state index contributed by atoms with van der Waals surface area (Å²) in [5, 5.41) is 4.21. The molecule has 1 aromatic carbocycles. The van der Waals surface area contributed by atoms with Crippen LogP contribution in [0.15, 0.2) is 30.3 Å². The van der Waals surface area contributed by atoms with Crippen LogP contribution in [-0.2, 0) is 6.54 Å². The van der Waals surface area contributed by atoms with Crippen molar-refractivity contribution >= 4 is 22.4 Å². The predicted octanol–water partition coefficient (Wildman–Crippen LogP) is 2.22. The molecular weight excluding hydrogens is 220 g/mol. The summed E-state index contributed by atoms with van der Waals surface area (Å²) in [6.07, 6.45) is 0. The van der Waals surface area contributed by atoms with Crippen LogP contribution in [0.3, 0.4) is 0 Å². The van der Waals surface area contributed by atoms with Crippen molar-refractivity contribution in [3.63, 3.8) is 0 Å². The molecule has 5 heteroatoms. The zero-order valence-corrected chi connectivity index (χ0v) is 10.2. The molecule has 0 radical (unpaired) electrons. The molecule has 2 rings (SSSR count). The van der Waals surface area contributed by atoms with E-state index in [4.69, 9.17) is 0 Å². The van der Waals surface area contributed by atoms with Crippen LogP contribution in [0.4, 0.5) is 10.8 Å². The van der Waals surface area contributed by atoms with Crippen LogP contribution in [0.5, 0.6) is 0 Å². The van der Waals surface area contributed by atoms with Crippen LogP contribution in [-0.4, -0.2) is 23.5 Å². The Morgan fingerprint density at radius 1 is 1.25 bits per heavy atom. The zero-order valence-electron chi connectivity index (χ0n) is 9.34. The van der Waals surface area contributed by atoms with Gasteiger partial charge >= 0.3 is 0 Å². The number of rotatable bonds is 4. The molecule has 0 bridgehead atoms. The van der Waals surface area contributed by atoms with Crippen molar-refractivity contribution in [1.29, 1.82) is 0 Å². The number of benzene rings is 1. The van der Waals surface area contributed by atoms with Crippen LogP contribution in [0.25, 0.3) is 0 Å². The molecule has 0 atom stereocenters. The summed E-state index contributed by atoms with van der Waals surface area (Å²) >= 11 is 1.42. The van der Waals surface area contributed by atoms with E-state index in [-0.39, 0.29) is 0 Å². The van der Waals surface area contributed by atoms with Gasteiger partial charge in [-0.25, -0.2) is 4.98 Å². The van der Waals surface area contributed by atoms with Gasteiger partial charge in [0.05, 0.1) is 6.54 Å². The fourth-order valence-electron chi connectivity index (χ4n) is 1.24. The molecule has 1 N–H and O–H groups in total. The van der Waals surface area contributed by atoms with Crippen molar-refractivity contribution in [3.8, 4) is 0 Å². The highest BCUT2D eigenvalue weighted by Crippen LogP contribution is 2.14. The topological polar surface area (TPSA) is 41.1 Å². The number of anilines is 2. The number of aromatic nitrogens is 2. The Hall–Kier alpha value is -1.62. The molecule has 0 saturated carbocycles. The van der Waals surface area contributed by atoms with Gasteiger partial charge in [-0.15, -0.1) is 0 Å². The van der Waals surface area contributed by atoms with E-state index in [0.29, 0.717) is 6.54 Å². The Morgan fingerprint density at radius 2 is 2.00 bits per heavy atom. The van der Waals surface area contributed by atoms with Crippen molar-refractivity contribution in [3.05, 3.63) is 36.2 Å². The van der Waals surface area contributed by atoms with Gasteiger partial charge < -0.3 is 10.2 Å². The second-order valence-electron chi connectivity index (χ2n) is 3.61. The first-order valence-corrected chi connectivity index (χ1v) is 5.82. The molecule has 0 spiro atoms. The zero-order chi connectivity index (χ0) is 11.4. The lowest BCUT2D eigenvalue weighted by Crippen LogP contribution is -2.08. The quantitative estimate of drug-likeness (QED) is 0.880. The summed E-state index contributed by atoms with van der Waals surface area (Å²) in [4.78, 5) is 6.36. The smallest absolute Gasteiger partial charge is 0.204 e. The molecule has 0 aliphatic rings. The summed E-state index contributed by atoms with van der Waals surface area (Å²) in [7, 11) is 3.93. The van der Waals surface area contributed by atoms with Crippen LogP contribution < -0.4 is 10.2 Å². The molecule has 4 nitrogen and oxygen atoms in total. The van der Waals surface area contributed by atoms with Gasteiger partial charge in [0.25, 0.3) is 0 Å². The van der Waals surface area contributed by atoms with Gasteiger partial charge in [-0.3, -0.25) is 0 Å². The van der Waals surface area contributed by atoms with Gasteiger partial charge in [0.1, 0.15) is 0 Å². The lowest BCUT2D eigenvalue weighted by atomic mass is 10.3. The molecule has 0 saturated heterocycles. The third-order valence-corrected chi connectivity index (χ3v) is 2.99. The summed E-state index contributed by atoms with van der Waals surface area (Å²) in [5.74, 6) is 0.831. The first-order valence-electron chi connectivity index (χ1n) is 5.04. The number of para-hydroxylation sites is 1. The van der Waals surface area contributed by atoms with Crippen molar-refractivity contribution in [1.82, 2.24) is 9.36 Å². The van der Waals surface area contributed by atoms with E-state index >= 15 is 0 Å². The lowest BCUT2D eigenvalue weighted by Gasteiger charge is -2.05. The van der Waals surface area contributed by atoms with Gasteiger partial charge in [-0.2, -0.15) is 4.37 Å². The minimum Gasteiger partial charge on any atom is -0.378 e. The fourth-order valence-corrected chi connectivity index (χ4v) is 1.84. The molecule has 16 heavy (non-hydrogen) atoms. The maximum absolute atomic E-state index is 4.40. The molecule has 0 aliphatic carbocycles. The average Bonchev–Trinajstić information content (AvgIpc) is 2.76. The number of hydrogen-bond donors (Lipinski definition) is 1. The lowest BCUT2D eigenvalue weighted by molar-refractivity contribution is 0.989. The van der Waals surface area contributed by atoms with Gasteiger partial charge in [-0.05, 0) is 12.1 Å². The van der Waals surface area contributed by atoms with Crippen molar-refractivity contribution in [2.24, 2.45) is 0 Å². The van der Waals surface area contributed by atoms with E-state index in [1.54, 1.807) is 0 Å². The first-order chi connectivity index (χ1) is 7.75. The standard InChI is InChI=1S/C11H14N4S/c1-15(2)11-13-10(14-16-11)8-12-9-6-4-3-5-7-9/h3-7,12H,8H2,1-2H3. The van der Waals surface area contributed by atoms with Gasteiger partial charge in [-0.1, -0.05) is 18.2 Å². The molecule has 84 valence electrons. The van der Waals surface area contributed by atoms with E-state index in [9.17, 15) is 0 Å². The van der Waals surface area contributed by atoms with Crippen molar-refractivity contribution in [2.45, 2.75) is 6.54 Å². The number of hydrogen-bond acceptors (Lipinski definition) is 5. The molecule has 1 aromatic heterocycles. The predicted molar refractivity (Wildman–Crippen MR) is 68.0 cm³/mol. The Morgan fingerprint density at radius 3 is 2.62 bits per heavy atom. The van der Waals surface area contributed by atoms with Crippen LogP contribution in [0.1, 0.15) is 5.82 Å². The second-order valence-corrected chi connectivity index (χ2v) is 4.34. The molecule has 1 heterocycles. The van der Waals surface area contributed by atoms with Crippen molar-refractivity contribution < 1.29 is 0 Å². The first kappa shape index (κ1) is 10.9. The third kappa shape index (κ3) is 2.70. The minimum atomic E-state index is 0.661. The van der Waals surface area contributed by atoms with E-state index < -0.39 is 0 Å². The minimum absolute atomic E-state index is 0.661. The second kappa shape index (κ2) is 4.94. The van der Waals surface area contributed by atoms with Gasteiger partial charge in [0, 0.05) is 31.3 Å². The van der Waals surface area contributed by atoms with E-state index in [0.717, 1.165) is 16.6 Å². The summed E-state index contributed by atoms with van der Waals surface area (Å²) in [6, 6.07) is 10.1. The maximum Gasteiger partial charge on any atom is 0.204 e. The van der Waals surface area contributed by atoms with E-state index in [1.807, 2.05) is 49.3 Å². The van der Waals surface area contributed by atoms with Crippen LogP contribution in [0, 0.1) is 0 Å². The molecule has 0 fully saturated rings. The third-order valence-electron chi connectivity index (χ3n) is 2.06. The van der Waals surface area contributed by atoms with Crippen LogP contribution in [0.2, 0.25) is 0 Å². The number of nitrogens with zero attached hydrogens (tertiary/aromatic N) is 3. The molecule has 0 unspecified atom stereocenters. The Kier molecular flexibility index (Phi) is 3.36. The Labute approximate surface area is 99.1 Å². The summed E-state index contributed by atoms with van der Waals surface area (Å²) < 4.78 is 4.28. The summed E-state index contributed by atoms with van der Waals surface area (Å²) in [6.45, 7) is 0.661. The van der Waals surface area contributed by atoms with Crippen LogP contribution >= 0.6 is 11.5 Å². The summed E-state index contributed by atoms with van der Waals surface area (Å²) in [5.41, 5.74) is 1.09. The Bertz CT molecular complexity index is 438. The molecule has 0 aliphatic heterocycles. The largest absolute Gasteiger partial charge is 0.378 e. The van der Waals surface area contributed by atoms with E-state index in [2.05, 4.69) is 14.7 Å². The number of nitrogens with one attached hydrogen (secondary N) is 1. The van der Waals surface area contributed by atoms with Gasteiger partial charge in [0.15, 0.2) is 5.82 Å². The highest BCUT2D eigenvalue weighted by atomic mass is 32.1. The van der Waals surface area contributed by atoms with Gasteiger partial charge in [0.2, 0.25) is 5.13 Å². The normalized spacial score (nSPS) is 10.1. The fraction of sp³-hybridized carbons (Fsp3) is 0.273. The highest BCUT2D eigenvalue weighted by molar-refractivity contribution is 7.09. The molecule has 0 amide bonds. The maximum atomic E-state index is 4.40. The average molecular weight is 234 g/mol. The highest BCUT2D eigenvalue weighted by Gasteiger charge is 2.04. The molecular formula is C11H14N4S. The SMILES string of the molecule is CN(C)c1nc(CNc2ccccc2)ns1.